The molecular weight excluding hydrogens is 265 g/mol. The number of halogens is 2. The van der Waals surface area contributed by atoms with Crippen LogP contribution < -0.4 is 14.8 Å². The van der Waals surface area contributed by atoms with Gasteiger partial charge in [0.05, 0.1) is 18.7 Å². The van der Waals surface area contributed by atoms with Gasteiger partial charge in [-0.1, -0.05) is 11.6 Å². The van der Waals surface area contributed by atoms with E-state index >= 15 is 0 Å². The van der Waals surface area contributed by atoms with E-state index < -0.39 is 0 Å². The second-order valence-electron chi connectivity index (χ2n) is 3.13. The molecule has 0 saturated carbocycles. The maximum absolute atomic E-state index is 10.8. The van der Waals surface area contributed by atoms with Crippen LogP contribution in [0.5, 0.6) is 11.5 Å². The van der Waals surface area contributed by atoms with E-state index in [0.29, 0.717) is 29.7 Å². The molecule has 0 heterocycles. The summed E-state index contributed by atoms with van der Waals surface area (Å²) in [6.45, 7) is 0.711. The number of methoxy groups -OCH3 is 1. The predicted molar refractivity (Wildman–Crippen MR) is 67.2 cm³/mol. The van der Waals surface area contributed by atoms with Crippen LogP contribution in [-0.4, -0.2) is 32.0 Å². The van der Waals surface area contributed by atoms with E-state index in [1.807, 2.05) is 0 Å². The van der Waals surface area contributed by atoms with Gasteiger partial charge in [-0.05, 0) is 12.1 Å². The summed E-state index contributed by atoms with van der Waals surface area (Å²) >= 11 is 11.3. The Bertz CT molecular complexity index is 385. The minimum absolute atomic E-state index is 0.0523. The highest BCUT2D eigenvalue weighted by atomic mass is 35.5. The first-order valence-electron chi connectivity index (χ1n) is 4.96. The monoisotopic (exact) mass is 277 g/mol. The van der Waals surface area contributed by atoms with Crippen molar-refractivity contribution in [3.63, 3.8) is 0 Å². The van der Waals surface area contributed by atoms with Gasteiger partial charge < -0.3 is 14.8 Å². The molecule has 1 rings (SSSR count). The zero-order valence-corrected chi connectivity index (χ0v) is 10.8. The van der Waals surface area contributed by atoms with E-state index in [9.17, 15) is 4.79 Å². The van der Waals surface area contributed by atoms with Crippen LogP contribution in [0, 0.1) is 0 Å². The van der Waals surface area contributed by atoms with E-state index in [0.717, 1.165) is 0 Å². The topological polar surface area (TPSA) is 47.6 Å². The molecule has 0 aliphatic carbocycles. The lowest BCUT2D eigenvalue weighted by molar-refractivity contribution is -0.118. The molecule has 0 unspecified atom stereocenters. The first-order valence-corrected chi connectivity index (χ1v) is 5.87. The van der Waals surface area contributed by atoms with Crippen molar-refractivity contribution >= 4 is 29.1 Å². The van der Waals surface area contributed by atoms with Crippen molar-refractivity contribution in [2.75, 3.05) is 26.1 Å². The quantitative estimate of drug-likeness (QED) is 0.640. The molecule has 0 aliphatic rings. The van der Waals surface area contributed by atoms with Gasteiger partial charge in [-0.3, -0.25) is 4.79 Å². The largest absolute Gasteiger partial charge is 0.497 e. The summed E-state index contributed by atoms with van der Waals surface area (Å²) < 4.78 is 10.4. The SMILES string of the molecule is COc1ccc(OCCNC(=O)CCl)c(Cl)c1. The zero-order valence-electron chi connectivity index (χ0n) is 9.33. The summed E-state index contributed by atoms with van der Waals surface area (Å²) in [4.78, 5) is 10.8. The van der Waals surface area contributed by atoms with Crippen LogP contribution in [0.15, 0.2) is 18.2 Å². The van der Waals surface area contributed by atoms with Crippen LogP contribution in [0.4, 0.5) is 0 Å². The molecular formula is C11H13Cl2NO3. The fourth-order valence-corrected chi connectivity index (χ4v) is 1.44. The Morgan fingerprint density at radius 3 is 2.82 bits per heavy atom. The molecule has 0 fully saturated rings. The van der Waals surface area contributed by atoms with E-state index in [-0.39, 0.29) is 11.8 Å². The number of carbonyl (C=O) groups is 1. The number of alkyl halides is 1. The molecule has 0 aliphatic heterocycles. The summed E-state index contributed by atoms with van der Waals surface area (Å²) in [5.74, 6) is 0.935. The molecule has 0 spiro atoms. The molecule has 1 amide bonds. The zero-order chi connectivity index (χ0) is 12.7. The fourth-order valence-electron chi connectivity index (χ4n) is 1.12. The van der Waals surface area contributed by atoms with Crippen LogP contribution in [0.1, 0.15) is 0 Å². The number of carbonyl (C=O) groups excluding carboxylic acids is 1. The van der Waals surface area contributed by atoms with E-state index in [4.69, 9.17) is 32.7 Å². The number of hydrogen-bond acceptors (Lipinski definition) is 3. The molecule has 0 aromatic heterocycles. The van der Waals surface area contributed by atoms with Crippen molar-refractivity contribution in [2.24, 2.45) is 0 Å². The van der Waals surface area contributed by atoms with Gasteiger partial charge in [0.1, 0.15) is 24.0 Å². The molecule has 0 saturated heterocycles. The van der Waals surface area contributed by atoms with Crippen molar-refractivity contribution in [3.8, 4) is 11.5 Å². The predicted octanol–water partition coefficient (Wildman–Crippen LogP) is 2.08. The van der Waals surface area contributed by atoms with E-state index in [2.05, 4.69) is 5.32 Å². The summed E-state index contributed by atoms with van der Waals surface area (Å²) in [5, 5.41) is 3.05. The van der Waals surface area contributed by atoms with Crippen molar-refractivity contribution < 1.29 is 14.3 Å². The highest BCUT2D eigenvalue weighted by Crippen LogP contribution is 2.28. The van der Waals surface area contributed by atoms with Crippen LogP contribution in [-0.2, 0) is 4.79 Å². The maximum Gasteiger partial charge on any atom is 0.235 e. The summed E-state index contributed by atoms with van der Waals surface area (Å²) in [6, 6.07) is 5.12. The first-order chi connectivity index (χ1) is 8.17. The fraction of sp³-hybridized carbons (Fsp3) is 0.364. The first kappa shape index (κ1) is 13.9. The molecule has 1 N–H and O–H groups in total. The van der Waals surface area contributed by atoms with Gasteiger partial charge in [0.25, 0.3) is 0 Å². The Labute approximate surface area is 110 Å². The van der Waals surface area contributed by atoms with Crippen molar-refractivity contribution in [1.82, 2.24) is 5.32 Å². The van der Waals surface area contributed by atoms with Crippen molar-refractivity contribution in [2.45, 2.75) is 0 Å². The highest BCUT2D eigenvalue weighted by molar-refractivity contribution is 6.32. The Morgan fingerprint density at radius 2 is 2.24 bits per heavy atom. The summed E-state index contributed by atoms with van der Waals surface area (Å²) in [6.07, 6.45) is 0. The molecule has 17 heavy (non-hydrogen) atoms. The molecule has 0 bridgehead atoms. The molecule has 1 aromatic rings. The lowest BCUT2D eigenvalue weighted by atomic mass is 10.3. The smallest absolute Gasteiger partial charge is 0.235 e. The summed E-state index contributed by atoms with van der Waals surface area (Å²) in [7, 11) is 1.56. The number of ether oxygens (including phenoxy) is 2. The number of benzene rings is 1. The van der Waals surface area contributed by atoms with Crippen LogP contribution in [0.2, 0.25) is 5.02 Å². The molecule has 6 heteroatoms. The Morgan fingerprint density at radius 1 is 1.47 bits per heavy atom. The Hall–Kier alpha value is -1.13. The van der Waals surface area contributed by atoms with E-state index in [1.165, 1.54) is 0 Å². The Balaban J connectivity index is 2.39. The third-order valence-corrected chi connectivity index (χ3v) is 2.48. The average molecular weight is 278 g/mol. The normalized spacial score (nSPS) is 9.82. The van der Waals surface area contributed by atoms with Crippen LogP contribution in [0.25, 0.3) is 0 Å². The molecule has 4 nitrogen and oxygen atoms in total. The standard InChI is InChI=1S/C11H13Cl2NO3/c1-16-8-2-3-10(9(13)6-8)17-5-4-14-11(15)7-12/h2-3,6H,4-5,7H2,1H3,(H,14,15). The number of rotatable bonds is 6. The van der Waals surface area contributed by atoms with Crippen molar-refractivity contribution in [1.29, 1.82) is 0 Å². The van der Waals surface area contributed by atoms with Crippen LogP contribution in [0.3, 0.4) is 0 Å². The third-order valence-electron chi connectivity index (χ3n) is 1.94. The highest BCUT2D eigenvalue weighted by Gasteiger charge is 2.03. The van der Waals surface area contributed by atoms with Gasteiger partial charge in [-0.2, -0.15) is 0 Å². The average Bonchev–Trinajstić information content (AvgIpc) is 2.35. The molecule has 0 atom stereocenters. The van der Waals surface area contributed by atoms with E-state index in [1.54, 1.807) is 25.3 Å². The van der Waals surface area contributed by atoms with Gasteiger partial charge in [0.15, 0.2) is 0 Å². The van der Waals surface area contributed by atoms with Gasteiger partial charge in [0, 0.05) is 6.07 Å². The number of nitrogens with one attached hydrogen (secondary N) is 1. The molecule has 0 radical (unpaired) electrons. The minimum Gasteiger partial charge on any atom is -0.497 e. The van der Waals surface area contributed by atoms with Gasteiger partial charge in [0.2, 0.25) is 5.91 Å². The van der Waals surface area contributed by atoms with Gasteiger partial charge in [-0.15, -0.1) is 11.6 Å². The minimum atomic E-state index is -0.226. The van der Waals surface area contributed by atoms with Crippen LogP contribution >= 0.6 is 23.2 Å². The molecule has 1 aromatic carbocycles. The summed E-state index contributed by atoms with van der Waals surface area (Å²) in [5.41, 5.74) is 0. The van der Waals surface area contributed by atoms with Gasteiger partial charge >= 0.3 is 0 Å². The second-order valence-corrected chi connectivity index (χ2v) is 3.80. The Kier molecular flexibility index (Phi) is 5.94. The number of hydrogen-bond donors (Lipinski definition) is 1. The second kappa shape index (κ2) is 7.25. The number of amides is 1. The van der Waals surface area contributed by atoms with Crippen molar-refractivity contribution in [3.05, 3.63) is 23.2 Å². The maximum atomic E-state index is 10.8. The lowest BCUT2D eigenvalue weighted by Gasteiger charge is -2.09. The lowest BCUT2D eigenvalue weighted by Crippen LogP contribution is -2.28. The third kappa shape index (κ3) is 4.71. The van der Waals surface area contributed by atoms with Gasteiger partial charge in [-0.25, -0.2) is 0 Å². The molecule has 94 valence electrons.